The molecule has 1 aliphatic rings. The molecule has 2 N–H and O–H groups in total. The molecular weight excluding hydrogens is 382 g/mol. The summed E-state index contributed by atoms with van der Waals surface area (Å²) in [6.45, 7) is 0.918. The highest BCUT2D eigenvalue weighted by Crippen LogP contribution is 2.35. The maximum Gasteiger partial charge on any atom is 0.248 e. The van der Waals surface area contributed by atoms with Gasteiger partial charge in [0, 0.05) is 24.6 Å². The molecule has 1 aromatic heterocycles. The predicted octanol–water partition coefficient (Wildman–Crippen LogP) is 2.96. The number of thiazole rings is 1. The van der Waals surface area contributed by atoms with E-state index in [-0.39, 0.29) is 10.8 Å². The fourth-order valence-electron chi connectivity index (χ4n) is 3.35. The standard InChI is InChI=1S/C19H19N3O3S2/c20-18(23)13-5-7-15(8-6-13)27(24,25)22-11-9-14(10-12-22)19-21-16-3-1-2-4-17(16)26-19/h1-8,14H,9-12H2,(H2,20,23). The summed E-state index contributed by atoms with van der Waals surface area (Å²) in [5.41, 5.74) is 6.51. The average Bonchev–Trinajstić information content (AvgIpc) is 3.12. The van der Waals surface area contributed by atoms with E-state index in [9.17, 15) is 13.2 Å². The van der Waals surface area contributed by atoms with Crippen LogP contribution in [-0.4, -0.2) is 36.7 Å². The van der Waals surface area contributed by atoms with Crippen molar-refractivity contribution >= 4 is 37.5 Å². The number of hydrogen-bond donors (Lipinski definition) is 1. The minimum atomic E-state index is -3.57. The van der Waals surface area contributed by atoms with Crippen LogP contribution >= 0.6 is 11.3 Å². The number of amides is 1. The Bertz CT molecular complexity index is 1050. The number of benzene rings is 2. The van der Waals surface area contributed by atoms with Crippen molar-refractivity contribution in [2.24, 2.45) is 5.73 Å². The zero-order chi connectivity index (χ0) is 19.0. The zero-order valence-electron chi connectivity index (χ0n) is 14.5. The molecule has 2 heterocycles. The Kier molecular flexibility index (Phi) is 4.71. The van der Waals surface area contributed by atoms with Gasteiger partial charge in [0.25, 0.3) is 0 Å². The molecule has 0 aliphatic carbocycles. The SMILES string of the molecule is NC(=O)c1ccc(S(=O)(=O)N2CCC(c3nc4ccccc4s3)CC2)cc1. The molecule has 27 heavy (non-hydrogen) atoms. The van der Waals surface area contributed by atoms with E-state index >= 15 is 0 Å². The number of aromatic nitrogens is 1. The number of carbonyl (C=O) groups is 1. The van der Waals surface area contributed by atoms with Crippen molar-refractivity contribution in [3.8, 4) is 0 Å². The Hall–Kier alpha value is -2.29. The quantitative estimate of drug-likeness (QED) is 0.727. The number of nitrogens with zero attached hydrogens (tertiary/aromatic N) is 2. The van der Waals surface area contributed by atoms with Gasteiger partial charge in [-0.2, -0.15) is 4.31 Å². The van der Waals surface area contributed by atoms with Gasteiger partial charge in [0.1, 0.15) is 0 Å². The summed E-state index contributed by atoms with van der Waals surface area (Å²) >= 11 is 1.69. The van der Waals surface area contributed by atoms with Gasteiger partial charge in [-0.3, -0.25) is 4.79 Å². The van der Waals surface area contributed by atoms with Crippen LogP contribution in [0.15, 0.2) is 53.4 Å². The molecule has 4 rings (SSSR count). The van der Waals surface area contributed by atoms with Gasteiger partial charge in [-0.25, -0.2) is 13.4 Å². The van der Waals surface area contributed by atoms with Crippen molar-refractivity contribution < 1.29 is 13.2 Å². The molecule has 1 aliphatic heterocycles. The summed E-state index contributed by atoms with van der Waals surface area (Å²) in [6.07, 6.45) is 1.50. The molecule has 8 heteroatoms. The summed E-state index contributed by atoms with van der Waals surface area (Å²) < 4.78 is 28.4. The van der Waals surface area contributed by atoms with Gasteiger partial charge >= 0.3 is 0 Å². The largest absolute Gasteiger partial charge is 0.366 e. The van der Waals surface area contributed by atoms with Gasteiger partial charge in [0.05, 0.1) is 20.1 Å². The highest BCUT2D eigenvalue weighted by molar-refractivity contribution is 7.89. The third kappa shape index (κ3) is 3.47. The van der Waals surface area contributed by atoms with E-state index in [0.717, 1.165) is 28.1 Å². The van der Waals surface area contributed by atoms with Crippen LogP contribution in [0.5, 0.6) is 0 Å². The van der Waals surface area contributed by atoms with E-state index in [0.29, 0.717) is 18.7 Å². The van der Waals surface area contributed by atoms with Gasteiger partial charge in [-0.15, -0.1) is 11.3 Å². The van der Waals surface area contributed by atoms with E-state index in [1.165, 1.54) is 28.6 Å². The van der Waals surface area contributed by atoms with E-state index in [2.05, 4.69) is 6.07 Å². The smallest absolute Gasteiger partial charge is 0.248 e. The molecule has 0 atom stereocenters. The normalized spacial score (nSPS) is 16.6. The van der Waals surface area contributed by atoms with Crippen LogP contribution in [0.25, 0.3) is 10.2 Å². The first-order valence-electron chi connectivity index (χ1n) is 8.70. The number of nitrogens with two attached hydrogens (primary N) is 1. The lowest BCUT2D eigenvalue weighted by Gasteiger charge is -2.30. The Balaban J connectivity index is 1.48. The fraction of sp³-hybridized carbons (Fsp3) is 0.263. The second-order valence-electron chi connectivity index (χ2n) is 6.59. The molecular formula is C19H19N3O3S2. The highest BCUT2D eigenvalue weighted by atomic mass is 32.2. The van der Waals surface area contributed by atoms with Crippen molar-refractivity contribution in [1.82, 2.24) is 9.29 Å². The number of fused-ring (bicyclic) bond motifs is 1. The van der Waals surface area contributed by atoms with Crippen LogP contribution in [0.2, 0.25) is 0 Å². The Morgan fingerprint density at radius 1 is 1.07 bits per heavy atom. The number of hydrogen-bond acceptors (Lipinski definition) is 5. The molecule has 0 spiro atoms. The van der Waals surface area contributed by atoms with Gasteiger partial charge < -0.3 is 5.73 Å². The Labute approximate surface area is 161 Å². The molecule has 2 aromatic carbocycles. The summed E-state index contributed by atoms with van der Waals surface area (Å²) in [5.74, 6) is -0.290. The highest BCUT2D eigenvalue weighted by Gasteiger charge is 2.31. The van der Waals surface area contributed by atoms with Crippen molar-refractivity contribution in [2.75, 3.05) is 13.1 Å². The zero-order valence-corrected chi connectivity index (χ0v) is 16.2. The molecule has 0 saturated carbocycles. The maximum atomic E-state index is 12.8. The monoisotopic (exact) mass is 401 g/mol. The number of rotatable bonds is 4. The second kappa shape index (κ2) is 7.03. The van der Waals surface area contributed by atoms with E-state index in [4.69, 9.17) is 10.7 Å². The summed E-state index contributed by atoms with van der Waals surface area (Å²) in [5, 5.41) is 1.08. The first-order valence-corrected chi connectivity index (χ1v) is 11.0. The third-order valence-electron chi connectivity index (χ3n) is 4.89. The maximum absolute atomic E-state index is 12.8. The molecule has 1 amide bonds. The van der Waals surface area contributed by atoms with Crippen LogP contribution in [0.1, 0.15) is 34.1 Å². The molecule has 1 saturated heterocycles. The lowest BCUT2D eigenvalue weighted by Crippen LogP contribution is -2.37. The number of carbonyl (C=O) groups excluding carboxylic acids is 1. The predicted molar refractivity (Wildman–Crippen MR) is 105 cm³/mol. The van der Waals surface area contributed by atoms with E-state index in [1.54, 1.807) is 11.3 Å². The van der Waals surface area contributed by atoms with Gasteiger partial charge in [-0.05, 0) is 49.2 Å². The van der Waals surface area contributed by atoms with E-state index in [1.807, 2.05) is 18.2 Å². The van der Waals surface area contributed by atoms with Crippen molar-refractivity contribution in [3.05, 3.63) is 59.1 Å². The molecule has 140 valence electrons. The molecule has 6 nitrogen and oxygen atoms in total. The minimum Gasteiger partial charge on any atom is -0.366 e. The topological polar surface area (TPSA) is 93.4 Å². The molecule has 3 aromatic rings. The van der Waals surface area contributed by atoms with Crippen molar-refractivity contribution in [3.63, 3.8) is 0 Å². The Morgan fingerprint density at radius 3 is 2.37 bits per heavy atom. The van der Waals surface area contributed by atoms with Gasteiger partial charge in [0.15, 0.2) is 0 Å². The Morgan fingerprint density at radius 2 is 1.74 bits per heavy atom. The summed E-state index contributed by atoms with van der Waals surface area (Å²) in [7, 11) is -3.57. The number of piperidine rings is 1. The molecule has 0 radical (unpaired) electrons. The molecule has 0 bridgehead atoms. The third-order valence-corrected chi connectivity index (χ3v) is 8.00. The average molecular weight is 402 g/mol. The van der Waals surface area contributed by atoms with Gasteiger partial charge in [0.2, 0.25) is 15.9 Å². The van der Waals surface area contributed by atoms with Crippen LogP contribution in [0.3, 0.4) is 0 Å². The van der Waals surface area contributed by atoms with Crippen molar-refractivity contribution in [2.45, 2.75) is 23.7 Å². The second-order valence-corrected chi connectivity index (χ2v) is 9.59. The van der Waals surface area contributed by atoms with Crippen molar-refractivity contribution in [1.29, 1.82) is 0 Å². The molecule has 0 unspecified atom stereocenters. The van der Waals surface area contributed by atoms with Crippen LogP contribution in [0.4, 0.5) is 0 Å². The van der Waals surface area contributed by atoms with Crippen LogP contribution < -0.4 is 5.73 Å². The molecule has 1 fully saturated rings. The van der Waals surface area contributed by atoms with Crippen LogP contribution in [-0.2, 0) is 10.0 Å². The van der Waals surface area contributed by atoms with E-state index < -0.39 is 15.9 Å². The first-order chi connectivity index (χ1) is 12.9. The van der Waals surface area contributed by atoms with Crippen LogP contribution in [0, 0.1) is 0 Å². The number of para-hydroxylation sites is 1. The number of primary amides is 1. The lowest BCUT2D eigenvalue weighted by molar-refractivity contribution is 0.1000. The number of sulfonamides is 1. The minimum absolute atomic E-state index is 0.186. The fourth-order valence-corrected chi connectivity index (χ4v) is 5.95. The summed E-state index contributed by atoms with van der Waals surface area (Å²) in [6, 6.07) is 13.8. The summed E-state index contributed by atoms with van der Waals surface area (Å²) in [4.78, 5) is 16.1. The van der Waals surface area contributed by atoms with Gasteiger partial charge in [-0.1, -0.05) is 12.1 Å². The lowest BCUT2D eigenvalue weighted by atomic mass is 9.99. The first kappa shape index (κ1) is 18.1.